The maximum absolute atomic E-state index is 6.18. The van der Waals surface area contributed by atoms with Crippen LogP contribution in [0.1, 0.15) is 74.1 Å². The Morgan fingerprint density at radius 1 is 1.12 bits per heavy atom. The van der Waals surface area contributed by atoms with Crippen LogP contribution in [0, 0.1) is 29.1 Å². The number of ether oxygens (including phenoxy) is 1. The molecular formula is C29H52ClN3O. The van der Waals surface area contributed by atoms with Crippen molar-refractivity contribution < 1.29 is 4.74 Å². The van der Waals surface area contributed by atoms with Crippen molar-refractivity contribution in [2.45, 2.75) is 85.8 Å². The van der Waals surface area contributed by atoms with E-state index in [1.54, 1.807) is 0 Å². The molecule has 2 heterocycles. The van der Waals surface area contributed by atoms with Crippen molar-refractivity contribution in [1.29, 1.82) is 0 Å². The molecule has 34 heavy (non-hydrogen) atoms. The topological polar surface area (TPSA) is 27.7 Å². The number of hydrogen-bond donors (Lipinski definition) is 1. The quantitative estimate of drug-likeness (QED) is 0.418. The Balaban J connectivity index is 1.43. The highest BCUT2D eigenvalue weighted by atomic mass is 35.5. The first-order chi connectivity index (χ1) is 15.9. The fourth-order valence-electron chi connectivity index (χ4n) is 6.06. The van der Waals surface area contributed by atoms with E-state index < -0.39 is 0 Å². The minimum absolute atomic E-state index is 0.0518. The predicted octanol–water partition coefficient (Wildman–Crippen LogP) is 6.13. The third-order valence-electron chi connectivity index (χ3n) is 8.31. The highest BCUT2D eigenvalue weighted by molar-refractivity contribution is 6.31. The van der Waals surface area contributed by atoms with Crippen LogP contribution in [-0.2, 0) is 4.74 Å². The summed E-state index contributed by atoms with van der Waals surface area (Å²) >= 11 is 6.18. The first kappa shape index (κ1) is 28.2. The molecule has 1 aliphatic carbocycles. The molecule has 2 aliphatic heterocycles. The van der Waals surface area contributed by atoms with Gasteiger partial charge in [0.2, 0.25) is 0 Å². The van der Waals surface area contributed by atoms with Crippen LogP contribution < -0.4 is 5.32 Å². The second-order valence-electron chi connectivity index (χ2n) is 13.2. The average Bonchev–Trinajstić information content (AvgIpc) is 2.75. The number of likely N-dealkylation sites (tertiary alicyclic amines) is 2. The Morgan fingerprint density at radius 2 is 1.79 bits per heavy atom. The zero-order valence-electron chi connectivity index (χ0n) is 23.1. The monoisotopic (exact) mass is 493 g/mol. The molecule has 2 fully saturated rings. The van der Waals surface area contributed by atoms with Crippen molar-refractivity contribution in [3.63, 3.8) is 0 Å². The minimum Gasteiger partial charge on any atom is -0.360 e. The van der Waals surface area contributed by atoms with Crippen molar-refractivity contribution in [3.8, 4) is 0 Å². The van der Waals surface area contributed by atoms with Crippen LogP contribution in [0.2, 0.25) is 0 Å². The van der Waals surface area contributed by atoms with Gasteiger partial charge in [-0.25, -0.2) is 0 Å². The van der Waals surface area contributed by atoms with Gasteiger partial charge >= 0.3 is 0 Å². The van der Waals surface area contributed by atoms with Crippen molar-refractivity contribution in [3.05, 3.63) is 23.3 Å². The van der Waals surface area contributed by atoms with Crippen molar-refractivity contribution in [2.24, 2.45) is 29.1 Å². The summed E-state index contributed by atoms with van der Waals surface area (Å²) in [5, 5.41) is 4.89. The molecule has 4 nitrogen and oxygen atoms in total. The molecule has 3 rings (SSSR count). The van der Waals surface area contributed by atoms with Crippen molar-refractivity contribution in [1.82, 2.24) is 15.1 Å². The molecule has 3 atom stereocenters. The third kappa shape index (κ3) is 8.62. The molecule has 0 spiro atoms. The highest BCUT2D eigenvalue weighted by Crippen LogP contribution is 2.43. The zero-order valence-corrected chi connectivity index (χ0v) is 23.8. The number of hydrogen-bond acceptors (Lipinski definition) is 4. The van der Waals surface area contributed by atoms with Crippen LogP contribution in [0.5, 0.6) is 0 Å². The molecule has 0 aromatic carbocycles. The van der Waals surface area contributed by atoms with Crippen LogP contribution in [0.3, 0.4) is 0 Å². The minimum atomic E-state index is -0.0518. The molecule has 0 radical (unpaired) electrons. The van der Waals surface area contributed by atoms with Crippen LogP contribution in [0.25, 0.3) is 0 Å². The summed E-state index contributed by atoms with van der Waals surface area (Å²) < 4.78 is 5.98. The first-order valence-electron chi connectivity index (χ1n) is 13.8. The number of nitrogens with zero attached hydrogens (tertiary/aromatic N) is 2. The van der Waals surface area contributed by atoms with Crippen LogP contribution in [0.15, 0.2) is 23.3 Å². The second kappa shape index (κ2) is 12.2. The molecule has 196 valence electrons. The maximum Gasteiger partial charge on any atom is 0.0997 e. The van der Waals surface area contributed by atoms with Crippen molar-refractivity contribution >= 4 is 11.6 Å². The highest BCUT2D eigenvalue weighted by Gasteiger charge is 2.40. The van der Waals surface area contributed by atoms with Gasteiger partial charge in [0, 0.05) is 37.3 Å². The van der Waals surface area contributed by atoms with Crippen molar-refractivity contribution in [2.75, 3.05) is 46.0 Å². The van der Waals surface area contributed by atoms with Gasteiger partial charge in [-0.2, -0.15) is 0 Å². The maximum atomic E-state index is 6.18. The first-order valence-corrected chi connectivity index (χ1v) is 14.2. The standard InChI is InChI=1S/C29H52ClN3O/c1-22(2)27(31-18-23-12-15-32(16-13-23)21-34-28(3,4)5)19-33-17-14-26(29(6,7)20-33)24-8-10-25(30)11-9-24/h8,10-11,22-24,26-27,31H,9,12-21H2,1-7H3/t24?,26?,27-/m0/s1. The van der Waals surface area contributed by atoms with Gasteiger partial charge in [-0.05, 0) is 94.7 Å². The molecule has 1 N–H and O–H groups in total. The largest absolute Gasteiger partial charge is 0.360 e. The van der Waals surface area contributed by atoms with Gasteiger partial charge in [0.05, 0.1) is 12.3 Å². The van der Waals surface area contributed by atoms with Gasteiger partial charge in [0.1, 0.15) is 0 Å². The SMILES string of the molecule is CC(C)[C@H](CN1CCC(C2C=CC(Cl)=CC2)C(C)(C)C1)NCC1CCN(COC(C)(C)C)CC1. The molecule has 3 aliphatic rings. The molecule has 0 aromatic heterocycles. The third-order valence-corrected chi connectivity index (χ3v) is 8.59. The Labute approximate surface area is 215 Å². The van der Waals surface area contributed by atoms with Gasteiger partial charge in [-0.1, -0.05) is 51.4 Å². The summed E-state index contributed by atoms with van der Waals surface area (Å²) in [5.74, 6) is 2.80. The van der Waals surface area contributed by atoms with Gasteiger partial charge < -0.3 is 15.0 Å². The van der Waals surface area contributed by atoms with Crippen LogP contribution in [0.4, 0.5) is 0 Å². The molecular weight excluding hydrogens is 442 g/mol. The van der Waals surface area contributed by atoms with Crippen LogP contribution >= 0.6 is 11.6 Å². The lowest BCUT2D eigenvalue weighted by Crippen LogP contribution is -2.53. The average molecular weight is 494 g/mol. The van der Waals surface area contributed by atoms with E-state index in [4.69, 9.17) is 16.3 Å². The summed E-state index contributed by atoms with van der Waals surface area (Å²) in [6, 6.07) is 0.561. The summed E-state index contributed by atoms with van der Waals surface area (Å²) in [5.41, 5.74) is 0.276. The fraction of sp³-hybridized carbons (Fsp3) is 0.862. The van der Waals surface area contributed by atoms with E-state index in [1.807, 2.05) is 0 Å². The second-order valence-corrected chi connectivity index (χ2v) is 13.6. The van der Waals surface area contributed by atoms with Gasteiger partial charge in [-0.15, -0.1) is 0 Å². The predicted molar refractivity (Wildman–Crippen MR) is 146 cm³/mol. The molecule has 2 unspecified atom stereocenters. The molecule has 0 bridgehead atoms. The lowest BCUT2D eigenvalue weighted by molar-refractivity contribution is -0.0711. The summed E-state index contributed by atoms with van der Waals surface area (Å²) in [6.45, 7) is 23.9. The van der Waals surface area contributed by atoms with Gasteiger partial charge in [0.15, 0.2) is 0 Å². The summed E-state index contributed by atoms with van der Waals surface area (Å²) in [7, 11) is 0. The Bertz CT molecular complexity index is 688. The van der Waals surface area contributed by atoms with E-state index in [9.17, 15) is 0 Å². The zero-order chi connectivity index (χ0) is 24.9. The van der Waals surface area contributed by atoms with Gasteiger partial charge in [-0.3, -0.25) is 4.90 Å². The Hall–Kier alpha value is -0.390. The van der Waals surface area contributed by atoms with E-state index in [2.05, 4.69) is 81.8 Å². The van der Waals surface area contributed by atoms with E-state index in [0.29, 0.717) is 23.3 Å². The summed E-state index contributed by atoms with van der Waals surface area (Å²) in [6.07, 6.45) is 11.6. The molecule has 0 amide bonds. The van der Waals surface area contributed by atoms with E-state index in [-0.39, 0.29) is 5.60 Å². The Kier molecular flexibility index (Phi) is 10.1. The van der Waals surface area contributed by atoms with E-state index in [1.165, 1.54) is 38.9 Å². The van der Waals surface area contributed by atoms with E-state index in [0.717, 1.165) is 49.7 Å². The number of allylic oxidation sites excluding steroid dienone is 4. The smallest absolute Gasteiger partial charge is 0.0997 e. The molecule has 0 saturated carbocycles. The molecule has 0 aromatic rings. The molecule has 2 saturated heterocycles. The summed E-state index contributed by atoms with van der Waals surface area (Å²) in [4.78, 5) is 5.20. The lowest BCUT2D eigenvalue weighted by atomic mass is 9.66. The Morgan fingerprint density at radius 3 is 2.35 bits per heavy atom. The number of halogens is 1. The molecule has 5 heteroatoms. The van der Waals surface area contributed by atoms with Gasteiger partial charge in [0.25, 0.3) is 0 Å². The number of piperidine rings is 2. The number of nitrogens with one attached hydrogen (secondary N) is 1. The normalized spacial score (nSPS) is 28.3. The van der Waals surface area contributed by atoms with E-state index >= 15 is 0 Å². The van der Waals surface area contributed by atoms with Crippen LogP contribution in [-0.4, -0.2) is 67.4 Å². The lowest BCUT2D eigenvalue weighted by Gasteiger charge is -2.48. The number of rotatable bonds is 9. The fourth-order valence-corrected chi connectivity index (χ4v) is 6.22.